The minimum Gasteiger partial charge on any atom is -0.374 e. The van der Waals surface area contributed by atoms with E-state index in [2.05, 4.69) is 27.3 Å². The zero-order valence-electron chi connectivity index (χ0n) is 11.0. The molecule has 5 heteroatoms. The molecule has 1 aliphatic carbocycles. The minimum atomic E-state index is 0.339. The van der Waals surface area contributed by atoms with Gasteiger partial charge in [0.25, 0.3) is 0 Å². The van der Waals surface area contributed by atoms with Crippen molar-refractivity contribution in [3.8, 4) is 0 Å². The standard InChI is InChI=1S/C13H22N4O/c1-10-11(7-15-16-10)6-14-8-13-9-17(4-5-18-13)12-2-3-12/h7,12-14H,2-6,8-9H2,1H3,(H,15,16). The number of ether oxygens (including phenoxy) is 1. The van der Waals surface area contributed by atoms with Crippen molar-refractivity contribution in [2.45, 2.75) is 38.5 Å². The van der Waals surface area contributed by atoms with Gasteiger partial charge in [0.05, 0.1) is 18.9 Å². The van der Waals surface area contributed by atoms with Crippen molar-refractivity contribution < 1.29 is 4.74 Å². The molecule has 1 unspecified atom stereocenters. The lowest BCUT2D eigenvalue weighted by atomic mass is 10.2. The summed E-state index contributed by atoms with van der Waals surface area (Å²) in [7, 11) is 0. The van der Waals surface area contributed by atoms with Gasteiger partial charge in [-0.2, -0.15) is 5.10 Å². The Kier molecular flexibility index (Phi) is 3.63. The van der Waals surface area contributed by atoms with Crippen LogP contribution in [-0.4, -0.2) is 53.5 Å². The number of aromatic nitrogens is 2. The monoisotopic (exact) mass is 250 g/mol. The van der Waals surface area contributed by atoms with Crippen LogP contribution in [0.4, 0.5) is 0 Å². The Morgan fingerprint density at radius 3 is 3.17 bits per heavy atom. The second-order valence-electron chi connectivity index (χ2n) is 5.37. The van der Waals surface area contributed by atoms with Crippen molar-refractivity contribution in [3.63, 3.8) is 0 Å². The van der Waals surface area contributed by atoms with Gasteiger partial charge in [-0.1, -0.05) is 0 Å². The van der Waals surface area contributed by atoms with Gasteiger partial charge in [-0.05, 0) is 19.8 Å². The molecule has 0 aromatic carbocycles. The van der Waals surface area contributed by atoms with Gasteiger partial charge >= 0.3 is 0 Å². The summed E-state index contributed by atoms with van der Waals surface area (Å²) in [5.74, 6) is 0. The number of hydrogen-bond donors (Lipinski definition) is 2. The molecule has 18 heavy (non-hydrogen) atoms. The van der Waals surface area contributed by atoms with Gasteiger partial charge in [-0.15, -0.1) is 0 Å². The summed E-state index contributed by atoms with van der Waals surface area (Å²) >= 11 is 0. The Morgan fingerprint density at radius 1 is 1.56 bits per heavy atom. The van der Waals surface area contributed by atoms with Crippen LogP contribution >= 0.6 is 0 Å². The SMILES string of the molecule is Cc1[nH]ncc1CNCC1CN(C2CC2)CCO1. The maximum Gasteiger partial charge on any atom is 0.0826 e. The van der Waals surface area contributed by atoms with Gasteiger partial charge in [-0.3, -0.25) is 10.00 Å². The van der Waals surface area contributed by atoms with Crippen molar-refractivity contribution in [1.29, 1.82) is 0 Å². The van der Waals surface area contributed by atoms with Crippen molar-refractivity contribution in [3.05, 3.63) is 17.5 Å². The highest BCUT2D eigenvalue weighted by atomic mass is 16.5. The number of aryl methyl sites for hydroxylation is 1. The molecule has 0 radical (unpaired) electrons. The molecule has 0 amide bonds. The molecule has 2 N–H and O–H groups in total. The van der Waals surface area contributed by atoms with Crippen LogP contribution < -0.4 is 5.32 Å². The number of aromatic amines is 1. The lowest BCUT2D eigenvalue weighted by Gasteiger charge is -2.33. The molecule has 100 valence electrons. The molecule has 1 atom stereocenters. The maximum absolute atomic E-state index is 5.81. The first-order valence-electron chi connectivity index (χ1n) is 6.88. The highest BCUT2D eigenvalue weighted by Crippen LogP contribution is 2.28. The summed E-state index contributed by atoms with van der Waals surface area (Å²) < 4.78 is 5.81. The normalized spacial score (nSPS) is 25.5. The first-order valence-corrected chi connectivity index (χ1v) is 6.88. The van der Waals surface area contributed by atoms with Crippen LogP contribution in [0.25, 0.3) is 0 Å². The molecule has 5 nitrogen and oxygen atoms in total. The Bertz CT molecular complexity index is 388. The van der Waals surface area contributed by atoms with Crippen LogP contribution in [0.2, 0.25) is 0 Å². The van der Waals surface area contributed by atoms with Crippen LogP contribution in [0.5, 0.6) is 0 Å². The fraction of sp³-hybridized carbons (Fsp3) is 0.769. The van der Waals surface area contributed by atoms with E-state index in [0.717, 1.165) is 44.5 Å². The van der Waals surface area contributed by atoms with Gasteiger partial charge in [0, 0.05) is 43.5 Å². The van der Waals surface area contributed by atoms with Crippen LogP contribution in [-0.2, 0) is 11.3 Å². The molecule has 1 aromatic heterocycles. The molecule has 1 saturated heterocycles. The predicted molar refractivity (Wildman–Crippen MR) is 69.4 cm³/mol. The van der Waals surface area contributed by atoms with Gasteiger partial charge in [0.15, 0.2) is 0 Å². The van der Waals surface area contributed by atoms with Gasteiger partial charge in [-0.25, -0.2) is 0 Å². The van der Waals surface area contributed by atoms with E-state index in [1.807, 2.05) is 6.20 Å². The molecular weight excluding hydrogens is 228 g/mol. The number of morpholine rings is 1. The fourth-order valence-electron chi connectivity index (χ4n) is 2.56. The van der Waals surface area contributed by atoms with E-state index in [1.54, 1.807) is 0 Å². The first-order chi connectivity index (χ1) is 8.83. The van der Waals surface area contributed by atoms with Gasteiger partial charge < -0.3 is 10.1 Å². The zero-order chi connectivity index (χ0) is 12.4. The molecule has 1 aliphatic heterocycles. The number of rotatable bonds is 5. The largest absolute Gasteiger partial charge is 0.374 e. The quantitative estimate of drug-likeness (QED) is 0.806. The third kappa shape index (κ3) is 2.91. The van der Waals surface area contributed by atoms with Crippen molar-refractivity contribution in [2.24, 2.45) is 0 Å². The van der Waals surface area contributed by atoms with Crippen molar-refractivity contribution >= 4 is 0 Å². The fourth-order valence-corrected chi connectivity index (χ4v) is 2.56. The van der Waals surface area contributed by atoms with E-state index >= 15 is 0 Å². The topological polar surface area (TPSA) is 53.2 Å². The summed E-state index contributed by atoms with van der Waals surface area (Å²) in [6.07, 6.45) is 5.00. The van der Waals surface area contributed by atoms with E-state index in [9.17, 15) is 0 Å². The summed E-state index contributed by atoms with van der Waals surface area (Å²) in [6, 6.07) is 0.854. The molecule has 2 aliphatic rings. The molecule has 1 saturated carbocycles. The summed E-state index contributed by atoms with van der Waals surface area (Å²) in [5.41, 5.74) is 2.39. The average Bonchev–Trinajstić information content (AvgIpc) is 3.15. The molecule has 2 fully saturated rings. The van der Waals surface area contributed by atoms with Crippen LogP contribution in [0, 0.1) is 6.92 Å². The highest BCUT2D eigenvalue weighted by molar-refractivity contribution is 5.13. The molecular formula is C13H22N4O. The Hall–Kier alpha value is -0.910. The zero-order valence-corrected chi connectivity index (χ0v) is 11.0. The van der Waals surface area contributed by atoms with Crippen molar-refractivity contribution in [1.82, 2.24) is 20.4 Å². The molecule has 2 heterocycles. The van der Waals surface area contributed by atoms with E-state index in [-0.39, 0.29) is 0 Å². The van der Waals surface area contributed by atoms with Crippen molar-refractivity contribution in [2.75, 3.05) is 26.2 Å². The summed E-state index contributed by atoms with van der Waals surface area (Å²) in [6.45, 7) is 6.92. The predicted octanol–water partition coefficient (Wildman–Crippen LogP) is 0.671. The maximum atomic E-state index is 5.81. The molecule has 0 bridgehead atoms. The van der Waals surface area contributed by atoms with E-state index in [1.165, 1.54) is 18.4 Å². The van der Waals surface area contributed by atoms with Crippen LogP contribution in [0.1, 0.15) is 24.1 Å². The van der Waals surface area contributed by atoms with Crippen LogP contribution in [0.3, 0.4) is 0 Å². The first kappa shape index (κ1) is 12.1. The Labute approximate surface area is 108 Å². The summed E-state index contributed by atoms with van der Waals surface area (Å²) in [5, 5.41) is 10.5. The number of hydrogen-bond acceptors (Lipinski definition) is 4. The van der Waals surface area contributed by atoms with Gasteiger partial charge in [0.2, 0.25) is 0 Å². The molecule has 0 spiro atoms. The second-order valence-corrected chi connectivity index (χ2v) is 5.37. The van der Waals surface area contributed by atoms with E-state index in [0.29, 0.717) is 6.10 Å². The lowest BCUT2D eigenvalue weighted by Crippen LogP contribution is -2.47. The third-order valence-corrected chi connectivity index (χ3v) is 3.86. The molecule has 1 aromatic rings. The summed E-state index contributed by atoms with van der Waals surface area (Å²) in [4.78, 5) is 2.58. The average molecular weight is 250 g/mol. The molecule has 3 rings (SSSR count). The lowest BCUT2D eigenvalue weighted by molar-refractivity contribution is -0.0301. The van der Waals surface area contributed by atoms with Gasteiger partial charge in [0.1, 0.15) is 0 Å². The smallest absolute Gasteiger partial charge is 0.0826 e. The van der Waals surface area contributed by atoms with Crippen LogP contribution in [0.15, 0.2) is 6.20 Å². The Balaban J connectivity index is 1.41. The number of nitrogens with zero attached hydrogens (tertiary/aromatic N) is 2. The minimum absolute atomic E-state index is 0.339. The second kappa shape index (κ2) is 5.38. The Morgan fingerprint density at radius 2 is 2.44 bits per heavy atom. The van der Waals surface area contributed by atoms with E-state index in [4.69, 9.17) is 4.74 Å². The van der Waals surface area contributed by atoms with E-state index < -0.39 is 0 Å². The highest BCUT2D eigenvalue weighted by Gasteiger charge is 2.32. The number of nitrogens with one attached hydrogen (secondary N) is 2. The third-order valence-electron chi connectivity index (χ3n) is 3.86. The number of H-pyrrole nitrogens is 1.